The second kappa shape index (κ2) is 8.12. The Hall–Kier alpha value is -3.35. The Balaban J connectivity index is 1.97. The summed E-state index contributed by atoms with van der Waals surface area (Å²) in [5, 5.41) is 19.0. The molecule has 0 amide bonds. The van der Waals surface area contributed by atoms with E-state index in [0.29, 0.717) is 35.0 Å². The number of aliphatic carboxylic acids is 1. The number of carbonyl (C=O) groups is 2. The first-order valence-electron chi connectivity index (χ1n) is 9.05. The first-order chi connectivity index (χ1) is 13.4. The number of Topliss-reactive ketones (excluding diaryl/α,β-unsaturated/α-hetero) is 1. The van der Waals surface area contributed by atoms with Crippen LogP contribution in [0.25, 0.3) is 5.65 Å². The maximum absolute atomic E-state index is 13.1. The van der Waals surface area contributed by atoms with Crippen LogP contribution >= 0.6 is 0 Å². The number of carbonyl (C=O) groups excluding carboxylic acids is 1. The van der Waals surface area contributed by atoms with Crippen LogP contribution < -0.4 is 4.74 Å². The molecule has 146 valence electrons. The van der Waals surface area contributed by atoms with Gasteiger partial charge in [0, 0.05) is 18.5 Å². The van der Waals surface area contributed by atoms with E-state index in [9.17, 15) is 19.8 Å². The molecule has 1 aromatic carbocycles. The fourth-order valence-corrected chi connectivity index (χ4v) is 3.38. The molecule has 3 rings (SSSR count). The highest BCUT2D eigenvalue weighted by molar-refractivity contribution is 5.97. The van der Waals surface area contributed by atoms with Crippen molar-refractivity contribution in [3.05, 3.63) is 59.5 Å². The number of rotatable bonds is 8. The molecule has 3 aromatic rings. The van der Waals surface area contributed by atoms with Gasteiger partial charge < -0.3 is 14.9 Å². The SMILES string of the molecule is CCOc1cccn2c(C(=O)CC(CC(=O)O)c3cccc(O)c3)c(C)nc12. The number of benzene rings is 1. The quantitative estimate of drug-likeness (QED) is 0.578. The minimum absolute atomic E-state index is 0.0107. The molecule has 1 unspecified atom stereocenters. The summed E-state index contributed by atoms with van der Waals surface area (Å²) in [6, 6.07) is 9.93. The van der Waals surface area contributed by atoms with Crippen molar-refractivity contribution in [3.63, 3.8) is 0 Å². The zero-order valence-electron chi connectivity index (χ0n) is 15.8. The van der Waals surface area contributed by atoms with E-state index in [-0.39, 0.29) is 24.4 Å². The third-order valence-electron chi connectivity index (χ3n) is 4.55. The van der Waals surface area contributed by atoms with Crippen LogP contribution in [0, 0.1) is 6.92 Å². The normalized spacial score (nSPS) is 12.1. The largest absolute Gasteiger partial charge is 0.508 e. The smallest absolute Gasteiger partial charge is 0.303 e. The number of phenolic OH excluding ortho intramolecular Hbond substituents is 1. The van der Waals surface area contributed by atoms with E-state index in [1.807, 2.05) is 6.92 Å². The molecule has 0 bridgehead atoms. The standard InChI is InChI=1S/C21H22N2O5/c1-3-28-18-8-5-9-23-20(13(2)22-21(18)23)17(25)11-15(12-19(26)27)14-6-4-7-16(24)10-14/h4-10,15,24H,3,11-12H2,1-2H3,(H,26,27). The summed E-state index contributed by atoms with van der Waals surface area (Å²) < 4.78 is 7.27. The highest BCUT2D eigenvalue weighted by Gasteiger charge is 2.25. The summed E-state index contributed by atoms with van der Waals surface area (Å²) in [5.41, 5.74) is 2.13. The lowest BCUT2D eigenvalue weighted by atomic mass is 9.89. The number of aromatic nitrogens is 2. The second-order valence-electron chi connectivity index (χ2n) is 6.56. The summed E-state index contributed by atoms with van der Waals surface area (Å²) >= 11 is 0. The Morgan fingerprint density at radius 2 is 2.00 bits per heavy atom. The number of carboxylic acid groups (broad SMARTS) is 1. The highest BCUT2D eigenvalue weighted by atomic mass is 16.5. The minimum atomic E-state index is -1.00. The molecule has 2 N–H and O–H groups in total. The lowest BCUT2D eigenvalue weighted by Gasteiger charge is -2.15. The zero-order chi connectivity index (χ0) is 20.3. The Kier molecular flexibility index (Phi) is 5.63. The maximum Gasteiger partial charge on any atom is 0.303 e. The molecule has 2 aromatic heterocycles. The molecular formula is C21H22N2O5. The van der Waals surface area contributed by atoms with Crippen molar-refractivity contribution in [2.45, 2.75) is 32.6 Å². The van der Waals surface area contributed by atoms with Crippen LogP contribution in [-0.2, 0) is 4.79 Å². The van der Waals surface area contributed by atoms with Gasteiger partial charge in [0.15, 0.2) is 17.2 Å². The predicted octanol–water partition coefficient (Wildman–Crippen LogP) is 3.58. The molecular weight excluding hydrogens is 360 g/mol. The lowest BCUT2D eigenvalue weighted by molar-refractivity contribution is -0.137. The van der Waals surface area contributed by atoms with Gasteiger partial charge in [0.25, 0.3) is 0 Å². The van der Waals surface area contributed by atoms with Crippen LogP contribution in [0.1, 0.15) is 47.4 Å². The molecule has 7 nitrogen and oxygen atoms in total. The lowest BCUT2D eigenvalue weighted by Crippen LogP contribution is -2.14. The average molecular weight is 382 g/mol. The number of ketones is 1. The van der Waals surface area contributed by atoms with Gasteiger partial charge in [-0.05, 0) is 43.7 Å². The van der Waals surface area contributed by atoms with Crippen LogP contribution in [0.15, 0.2) is 42.6 Å². The van der Waals surface area contributed by atoms with Gasteiger partial charge in [-0.3, -0.25) is 14.0 Å². The van der Waals surface area contributed by atoms with E-state index in [2.05, 4.69) is 4.98 Å². The van der Waals surface area contributed by atoms with E-state index in [0.717, 1.165) is 0 Å². The first-order valence-corrected chi connectivity index (χ1v) is 9.05. The van der Waals surface area contributed by atoms with Crippen LogP contribution in [0.5, 0.6) is 11.5 Å². The van der Waals surface area contributed by atoms with Crippen molar-refractivity contribution in [2.24, 2.45) is 0 Å². The topological polar surface area (TPSA) is 101 Å². The van der Waals surface area contributed by atoms with Crippen LogP contribution in [0.4, 0.5) is 0 Å². The Morgan fingerprint density at radius 3 is 2.68 bits per heavy atom. The van der Waals surface area contributed by atoms with Gasteiger partial charge in [0.05, 0.1) is 18.7 Å². The number of pyridine rings is 1. The summed E-state index contributed by atoms with van der Waals surface area (Å²) in [6.07, 6.45) is 1.52. The Morgan fingerprint density at radius 1 is 1.21 bits per heavy atom. The number of fused-ring (bicyclic) bond motifs is 1. The number of hydrogen-bond acceptors (Lipinski definition) is 5. The number of nitrogens with zero attached hydrogens (tertiary/aromatic N) is 2. The van der Waals surface area contributed by atoms with Gasteiger partial charge in [-0.25, -0.2) is 4.98 Å². The molecule has 2 heterocycles. The number of phenols is 1. The Labute approximate surface area is 162 Å². The maximum atomic E-state index is 13.1. The first kappa shape index (κ1) is 19.4. The number of imidazole rings is 1. The third-order valence-corrected chi connectivity index (χ3v) is 4.55. The zero-order valence-corrected chi connectivity index (χ0v) is 15.8. The molecule has 7 heteroatoms. The molecule has 0 aliphatic carbocycles. The summed E-state index contributed by atoms with van der Waals surface area (Å²) in [5.74, 6) is -1.16. The van der Waals surface area contributed by atoms with E-state index in [1.54, 1.807) is 41.8 Å². The molecule has 0 aliphatic rings. The Bertz CT molecular complexity index is 1020. The summed E-state index contributed by atoms with van der Waals surface area (Å²) in [7, 11) is 0. The molecule has 0 fully saturated rings. The van der Waals surface area contributed by atoms with Crippen molar-refractivity contribution >= 4 is 17.4 Å². The second-order valence-corrected chi connectivity index (χ2v) is 6.56. The number of aryl methyl sites for hydroxylation is 1. The fourth-order valence-electron chi connectivity index (χ4n) is 3.38. The molecule has 0 radical (unpaired) electrons. The van der Waals surface area contributed by atoms with Crippen LogP contribution in [0.3, 0.4) is 0 Å². The van der Waals surface area contributed by atoms with Crippen LogP contribution in [0.2, 0.25) is 0 Å². The van der Waals surface area contributed by atoms with Crippen molar-refractivity contribution in [2.75, 3.05) is 6.61 Å². The molecule has 0 saturated heterocycles. The van der Waals surface area contributed by atoms with Gasteiger partial charge in [0.1, 0.15) is 11.4 Å². The molecule has 0 saturated carbocycles. The van der Waals surface area contributed by atoms with E-state index in [1.165, 1.54) is 12.1 Å². The summed E-state index contributed by atoms with van der Waals surface area (Å²) in [6.45, 7) is 4.10. The van der Waals surface area contributed by atoms with E-state index >= 15 is 0 Å². The predicted molar refractivity (Wildman–Crippen MR) is 103 cm³/mol. The highest BCUT2D eigenvalue weighted by Crippen LogP contribution is 2.29. The average Bonchev–Trinajstić information content (AvgIpc) is 2.98. The van der Waals surface area contributed by atoms with E-state index in [4.69, 9.17) is 4.74 Å². The molecule has 0 aliphatic heterocycles. The van der Waals surface area contributed by atoms with Gasteiger partial charge >= 0.3 is 5.97 Å². The third kappa shape index (κ3) is 3.98. The van der Waals surface area contributed by atoms with Gasteiger partial charge in [-0.15, -0.1) is 0 Å². The molecule has 28 heavy (non-hydrogen) atoms. The number of aromatic hydroxyl groups is 1. The number of carboxylic acids is 1. The van der Waals surface area contributed by atoms with Crippen molar-refractivity contribution in [3.8, 4) is 11.5 Å². The van der Waals surface area contributed by atoms with Gasteiger partial charge in [0.2, 0.25) is 0 Å². The molecule has 1 atom stereocenters. The molecule has 0 spiro atoms. The van der Waals surface area contributed by atoms with E-state index < -0.39 is 11.9 Å². The fraction of sp³-hybridized carbons (Fsp3) is 0.286. The number of ether oxygens (including phenoxy) is 1. The van der Waals surface area contributed by atoms with Crippen molar-refractivity contribution < 1.29 is 24.5 Å². The monoisotopic (exact) mass is 382 g/mol. The summed E-state index contributed by atoms with van der Waals surface area (Å²) in [4.78, 5) is 28.9. The van der Waals surface area contributed by atoms with Crippen molar-refractivity contribution in [1.29, 1.82) is 0 Å². The van der Waals surface area contributed by atoms with Gasteiger partial charge in [-0.1, -0.05) is 12.1 Å². The number of hydrogen-bond donors (Lipinski definition) is 2. The van der Waals surface area contributed by atoms with Crippen molar-refractivity contribution in [1.82, 2.24) is 9.38 Å². The minimum Gasteiger partial charge on any atom is -0.508 e. The van der Waals surface area contributed by atoms with Crippen LogP contribution in [-0.4, -0.2) is 38.0 Å². The van der Waals surface area contributed by atoms with Gasteiger partial charge in [-0.2, -0.15) is 0 Å².